The van der Waals surface area contributed by atoms with Crippen LogP contribution in [0.2, 0.25) is 5.02 Å². The molecule has 0 radical (unpaired) electrons. The summed E-state index contributed by atoms with van der Waals surface area (Å²) in [5.74, 6) is 1.49. The van der Waals surface area contributed by atoms with Crippen LogP contribution in [0.25, 0.3) is 11.0 Å². The van der Waals surface area contributed by atoms with Crippen LogP contribution in [-0.2, 0) is 11.2 Å². The Morgan fingerprint density at radius 2 is 2.11 bits per heavy atom. The van der Waals surface area contributed by atoms with Crippen molar-refractivity contribution in [2.24, 2.45) is 0 Å². The van der Waals surface area contributed by atoms with Gasteiger partial charge in [-0.25, -0.2) is 9.97 Å². The summed E-state index contributed by atoms with van der Waals surface area (Å²) in [5, 5.41) is 3.68. The molecule has 1 fully saturated rings. The number of pyridine rings is 1. The van der Waals surface area contributed by atoms with Crippen molar-refractivity contribution in [1.29, 1.82) is 0 Å². The number of H-pyrrole nitrogens is 1. The van der Waals surface area contributed by atoms with Gasteiger partial charge in [0.1, 0.15) is 11.6 Å². The number of aryl methyl sites for hydroxylation is 1. The first-order valence-corrected chi connectivity index (χ1v) is 9.78. The number of nitrogens with zero attached hydrogens (tertiary/aromatic N) is 3. The highest BCUT2D eigenvalue weighted by Crippen LogP contribution is 2.21. The standard InChI is InChI=1S/C20H22ClN5O2/c21-15-12-14(20(27)26-8-10-28-11-9-26)13-23-19(15)22-7-3-6-18-24-16-4-1-2-5-17(16)25-18/h1-2,4-5,12-13H,3,6-11H2,(H,22,23)(H,24,25). The largest absolute Gasteiger partial charge is 0.378 e. The fourth-order valence-corrected chi connectivity index (χ4v) is 3.45. The van der Waals surface area contributed by atoms with Crippen molar-refractivity contribution >= 4 is 34.4 Å². The lowest BCUT2D eigenvalue weighted by Gasteiger charge is -2.26. The summed E-state index contributed by atoms with van der Waals surface area (Å²) in [6.07, 6.45) is 3.28. The van der Waals surface area contributed by atoms with Crippen LogP contribution in [0.3, 0.4) is 0 Å². The molecule has 1 amide bonds. The molecular weight excluding hydrogens is 378 g/mol. The van der Waals surface area contributed by atoms with Gasteiger partial charge in [0.2, 0.25) is 0 Å². The van der Waals surface area contributed by atoms with Gasteiger partial charge in [-0.2, -0.15) is 0 Å². The monoisotopic (exact) mass is 399 g/mol. The van der Waals surface area contributed by atoms with Crippen LogP contribution in [0.1, 0.15) is 22.6 Å². The second-order valence-electron chi connectivity index (χ2n) is 6.69. The lowest BCUT2D eigenvalue weighted by molar-refractivity contribution is 0.0302. The summed E-state index contributed by atoms with van der Waals surface area (Å²) in [6, 6.07) is 9.67. The van der Waals surface area contributed by atoms with Crippen molar-refractivity contribution in [1.82, 2.24) is 19.9 Å². The summed E-state index contributed by atoms with van der Waals surface area (Å²) in [5.41, 5.74) is 2.53. The Morgan fingerprint density at radius 1 is 1.29 bits per heavy atom. The zero-order valence-electron chi connectivity index (χ0n) is 15.4. The number of hydrogen-bond donors (Lipinski definition) is 2. The minimum atomic E-state index is -0.0610. The number of amides is 1. The molecule has 8 heteroatoms. The zero-order chi connectivity index (χ0) is 19.3. The van der Waals surface area contributed by atoms with Crippen molar-refractivity contribution in [3.63, 3.8) is 0 Å². The molecule has 1 aliphatic heterocycles. The van der Waals surface area contributed by atoms with E-state index < -0.39 is 0 Å². The normalized spacial score (nSPS) is 14.4. The lowest BCUT2D eigenvalue weighted by atomic mass is 10.2. The average molecular weight is 400 g/mol. The number of carbonyl (C=O) groups excluding carboxylic acids is 1. The van der Waals surface area contributed by atoms with E-state index in [2.05, 4.69) is 20.3 Å². The van der Waals surface area contributed by atoms with Gasteiger partial charge in [-0.05, 0) is 24.6 Å². The number of aromatic nitrogens is 3. The van der Waals surface area contributed by atoms with E-state index in [-0.39, 0.29) is 5.91 Å². The third kappa shape index (κ3) is 4.26. The summed E-state index contributed by atoms with van der Waals surface area (Å²) in [7, 11) is 0. The Balaban J connectivity index is 1.30. The molecule has 0 atom stereocenters. The number of aromatic amines is 1. The van der Waals surface area contributed by atoms with E-state index in [0.29, 0.717) is 49.3 Å². The Kier molecular flexibility index (Phi) is 5.73. The minimum Gasteiger partial charge on any atom is -0.378 e. The Bertz CT molecular complexity index is 935. The molecule has 1 aliphatic rings. The van der Waals surface area contributed by atoms with Gasteiger partial charge in [-0.1, -0.05) is 23.7 Å². The van der Waals surface area contributed by atoms with Crippen LogP contribution in [0.4, 0.5) is 5.82 Å². The van der Waals surface area contributed by atoms with Gasteiger partial charge in [0.05, 0.1) is 34.8 Å². The molecule has 7 nitrogen and oxygen atoms in total. The molecule has 0 aliphatic carbocycles. The Labute approximate surface area is 168 Å². The van der Waals surface area contributed by atoms with Crippen molar-refractivity contribution in [2.45, 2.75) is 12.8 Å². The average Bonchev–Trinajstić information content (AvgIpc) is 3.15. The summed E-state index contributed by atoms with van der Waals surface area (Å²) >= 11 is 6.32. The molecule has 28 heavy (non-hydrogen) atoms. The lowest BCUT2D eigenvalue weighted by Crippen LogP contribution is -2.40. The van der Waals surface area contributed by atoms with Gasteiger partial charge in [-0.15, -0.1) is 0 Å². The van der Waals surface area contributed by atoms with Gasteiger partial charge >= 0.3 is 0 Å². The number of hydrogen-bond acceptors (Lipinski definition) is 5. The first-order valence-electron chi connectivity index (χ1n) is 9.41. The number of fused-ring (bicyclic) bond motifs is 1. The molecule has 2 aromatic heterocycles. The summed E-state index contributed by atoms with van der Waals surface area (Å²) in [6.45, 7) is 3.03. The topological polar surface area (TPSA) is 83.1 Å². The predicted octanol–water partition coefficient (Wildman–Crippen LogP) is 3.13. The second kappa shape index (κ2) is 8.58. The van der Waals surface area contributed by atoms with E-state index in [1.54, 1.807) is 17.2 Å². The van der Waals surface area contributed by atoms with Crippen molar-refractivity contribution in [3.8, 4) is 0 Å². The van der Waals surface area contributed by atoms with E-state index in [4.69, 9.17) is 16.3 Å². The molecule has 1 aromatic carbocycles. The second-order valence-corrected chi connectivity index (χ2v) is 7.10. The molecule has 0 unspecified atom stereocenters. The molecule has 3 heterocycles. The Hall–Kier alpha value is -2.64. The van der Waals surface area contributed by atoms with E-state index in [1.807, 2.05) is 24.3 Å². The first kappa shape index (κ1) is 18.7. The van der Waals surface area contributed by atoms with Crippen LogP contribution in [0.5, 0.6) is 0 Å². The number of morpholine rings is 1. The zero-order valence-corrected chi connectivity index (χ0v) is 16.2. The number of nitrogens with one attached hydrogen (secondary N) is 2. The molecule has 0 saturated carbocycles. The highest BCUT2D eigenvalue weighted by molar-refractivity contribution is 6.33. The van der Waals surface area contributed by atoms with Gasteiger partial charge < -0.3 is 19.9 Å². The third-order valence-corrected chi connectivity index (χ3v) is 5.00. The Morgan fingerprint density at radius 3 is 2.89 bits per heavy atom. The van der Waals surface area contributed by atoms with Gasteiger partial charge in [0, 0.05) is 32.3 Å². The fraction of sp³-hybridized carbons (Fsp3) is 0.350. The number of rotatable bonds is 6. The molecule has 0 spiro atoms. The third-order valence-electron chi connectivity index (χ3n) is 4.71. The van der Waals surface area contributed by atoms with Crippen molar-refractivity contribution in [2.75, 3.05) is 38.2 Å². The number of para-hydroxylation sites is 2. The van der Waals surface area contributed by atoms with E-state index >= 15 is 0 Å². The van der Waals surface area contributed by atoms with Crippen LogP contribution >= 0.6 is 11.6 Å². The molecule has 1 saturated heterocycles. The van der Waals surface area contributed by atoms with Crippen molar-refractivity contribution in [3.05, 3.63) is 52.9 Å². The first-order chi connectivity index (χ1) is 13.7. The number of halogens is 1. The van der Waals surface area contributed by atoms with E-state index in [1.165, 1.54) is 0 Å². The van der Waals surface area contributed by atoms with Crippen LogP contribution in [0.15, 0.2) is 36.5 Å². The van der Waals surface area contributed by atoms with Gasteiger partial charge in [-0.3, -0.25) is 4.79 Å². The maximum absolute atomic E-state index is 12.5. The number of imidazole rings is 1. The number of ether oxygens (including phenoxy) is 1. The summed E-state index contributed by atoms with van der Waals surface area (Å²) < 4.78 is 5.28. The predicted molar refractivity (Wildman–Crippen MR) is 109 cm³/mol. The van der Waals surface area contributed by atoms with Gasteiger partial charge in [0.15, 0.2) is 0 Å². The molecule has 4 rings (SSSR count). The van der Waals surface area contributed by atoms with E-state index in [9.17, 15) is 4.79 Å². The number of benzene rings is 1. The number of anilines is 1. The number of carbonyl (C=O) groups is 1. The van der Waals surface area contributed by atoms with Crippen LogP contribution < -0.4 is 5.32 Å². The summed E-state index contributed by atoms with van der Waals surface area (Å²) in [4.78, 5) is 26.5. The smallest absolute Gasteiger partial charge is 0.255 e. The highest BCUT2D eigenvalue weighted by atomic mass is 35.5. The molecule has 2 N–H and O–H groups in total. The highest BCUT2D eigenvalue weighted by Gasteiger charge is 2.19. The van der Waals surface area contributed by atoms with Gasteiger partial charge in [0.25, 0.3) is 5.91 Å². The molecule has 0 bridgehead atoms. The van der Waals surface area contributed by atoms with E-state index in [0.717, 1.165) is 29.7 Å². The molecule has 146 valence electrons. The SMILES string of the molecule is O=C(c1cnc(NCCCc2nc3ccccc3[nH]2)c(Cl)c1)N1CCOCC1. The maximum Gasteiger partial charge on any atom is 0.255 e. The quantitative estimate of drug-likeness (QED) is 0.622. The molecular formula is C20H22ClN5O2. The van der Waals surface area contributed by atoms with Crippen LogP contribution in [0, 0.1) is 0 Å². The molecule has 3 aromatic rings. The fourth-order valence-electron chi connectivity index (χ4n) is 3.22. The van der Waals surface area contributed by atoms with Crippen LogP contribution in [-0.4, -0.2) is 58.6 Å². The minimum absolute atomic E-state index is 0.0610. The maximum atomic E-state index is 12.5. The van der Waals surface area contributed by atoms with Crippen molar-refractivity contribution < 1.29 is 9.53 Å².